The Morgan fingerprint density at radius 3 is 2.53 bits per heavy atom. The Hall–Kier alpha value is -1.64. The molecule has 0 radical (unpaired) electrons. The third kappa shape index (κ3) is 1.65. The highest BCUT2D eigenvalue weighted by Gasteiger charge is 2.15. The lowest BCUT2D eigenvalue weighted by Crippen LogP contribution is -1.88. The van der Waals surface area contributed by atoms with E-state index in [0.29, 0.717) is 11.3 Å². The zero-order chi connectivity index (χ0) is 11.0. The fraction of sp³-hybridized carbons (Fsp3) is 0.250. The summed E-state index contributed by atoms with van der Waals surface area (Å²) < 4.78 is 18.7. The molecule has 0 aliphatic carbocycles. The van der Waals surface area contributed by atoms with E-state index in [2.05, 4.69) is 5.16 Å². The molecule has 15 heavy (non-hydrogen) atoms. The molecule has 0 bridgehead atoms. The van der Waals surface area contributed by atoms with Crippen molar-refractivity contribution in [2.75, 3.05) is 0 Å². The van der Waals surface area contributed by atoms with E-state index in [9.17, 15) is 4.39 Å². The van der Waals surface area contributed by atoms with Crippen molar-refractivity contribution in [2.45, 2.75) is 20.8 Å². The van der Waals surface area contributed by atoms with Crippen LogP contribution in [0, 0.1) is 26.6 Å². The summed E-state index contributed by atoms with van der Waals surface area (Å²) >= 11 is 0. The molecule has 2 rings (SSSR count). The first-order valence-corrected chi connectivity index (χ1v) is 4.79. The standard InChI is InChI=1S/C12H12FNO/c1-7-4-5-11(13)10(6-7)12-8(2)14-15-9(12)3/h4-6H,1-3H3. The molecular formula is C12H12FNO. The van der Waals surface area contributed by atoms with Crippen molar-refractivity contribution in [1.29, 1.82) is 0 Å². The van der Waals surface area contributed by atoms with Crippen LogP contribution in [-0.2, 0) is 0 Å². The first kappa shape index (κ1) is 9.90. The lowest BCUT2D eigenvalue weighted by Gasteiger charge is -2.03. The third-order valence-corrected chi connectivity index (χ3v) is 2.42. The van der Waals surface area contributed by atoms with Gasteiger partial charge in [-0.3, -0.25) is 0 Å². The Bertz CT molecular complexity index is 483. The molecule has 3 heteroatoms. The molecule has 0 fully saturated rings. The van der Waals surface area contributed by atoms with Crippen LogP contribution in [0.2, 0.25) is 0 Å². The molecule has 2 nitrogen and oxygen atoms in total. The average molecular weight is 205 g/mol. The summed E-state index contributed by atoms with van der Waals surface area (Å²) in [5.74, 6) is 0.409. The smallest absolute Gasteiger partial charge is 0.141 e. The summed E-state index contributed by atoms with van der Waals surface area (Å²) in [6.07, 6.45) is 0. The summed E-state index contributed by atoms with van der Waals surface area (Å²) in [4.78, 5) is 0. The van der Waals surface area contributed by atoms with Crippen molar-refractivity contribution < 1.29 is 8.91 Å². The molecule has 0 unspecified atom stereocenters. The van der Waals surface area contributed by atoms with Gasteiger partial charge in [0.25, 0.3) is 0 Å². The normalized spacial score (nSPS) is 10.7. The van der Waals surface area contributed by atoms with E-state index in [1.807, 2.05) is 19.9 Å². The molecule has 0 amide bonds. The predicted octanol–water partition coefficient (Wildman–Crippen LogP) is 3.41. The van der Waals surface area contributed by atoms with E-state index >= 15 is 0 Å². The number of hydrogen-bond donors (Lipinski definition) is 0. The second kappa shape index (κ2) is 3.50. The van der Waals surface area contributed by atoms with Crippen LogP contribution in [0.25, 0.3) is 11.1 Å². The molecule has 0 spiro atoms. The molecule has 0 aliphatic rings. The number of aromatic nitrogens is 1. The highest BCUT2D eigenvalue weighted by Crippen LogP contribution is 2.29. The van der Waals surface area contributed by atoms with Crippen molar-refractivity contribution in [1.82, 2.24) is 5.16 Å². The first-order chi connectivity index (χ1) is 7.09. The van der Waals surface area contributed by atoms with E-state index < -0.39 is 0 Å². The molecular weight excluding hydrogens is 193 g/mol. The fourth-order valence-electron chi connectivity index (χ4n) is 1.70. The van der Waals surface area contributed by atoms with E-state index in [1.165, 1.54) is 6.07 Å². The Balaban J connectivity index is 2.68. The first-order valence-electron chi connectivity index (χ1n) is 4.79. The monoisotopic (exact) mass is 205 g/mol. The Labute approximate surface area is 87.7 Å². The predicted molar refractivity (Wildman–Crippen MR) is 56.1 cm³/mol. The summed E-state index contributed by atoms with van der Waals surface area (Å²) in [6.45, 7) is 5.53. The highest BCUT2D eigenvalue weighted by atomic mass is 19.1. The molecule has 1 heterocycles. The quantitative estimate of drug-likeness (QED) is 0.713. The summed E-state index contributed by atoms with van der Waals surface area (Å²) in [6, 6.07) is 5.02. The van der Waals surface area contributed by atoms with Crippen LogP contribution in [0.3, 0.4) is 0 Å². The second-order valence-corrected chi connectivity index (χ2v) is 3.68. The van der Waals surface area contributed by atoms with E-state index in [-0.39, 0.29) is 5.82 Å². The molecule has 78 valence electrons. The molecule has 0 atom stereocenters. The molecule has 0 saturated heterocycles. The van der Waals surface area contributed by atoms with Gasteiger partial charge in [-0.25, -0.2) is 4.39 Å². The number of hydrogen-bond acceptors (Lipinski definition) is 2. The van der Waals surface area contributed by atoms with Gasteiger partial charge in [-0.2, -0.15) is 0 Å². The number of aryl methyl sites for hydroxylation is 3. The number of benzene rings is 1. The molecule has 0 aliphatic heterocycles. The Kier molecular flexibility index (Phi) is 2.31. The van der Waals surface area contributed by atoms with Gasteiger partial charge in [-0.1, -0.05) is 16.8 Å². The maximum Gasteiger partial charge on any atom is 0.141 e. The van der Waals surface area contributed by atoms with Gasteiger partial charge >= 0.3 is 0 Å². The lowest BCUT2D eigenvalue weighted by atomic mass is 10.0. The van der Waals surface area contributed by atoms with Crippen molar-refractivity contribution in [3.63, 3.8) is 0 Å². The minimum Gasteiger partial charge on any atom is -0.361 e. The van der Waals surface area contributed by atoms with Crippen LogP contribution < -0.4 is 0 Å². The Morgan fingerprint density at radius 2 is 1.93 bits per heavy atom. The van der Waals surface area contributed by atoms with Gasteiger partial charge in [-0.15, -0.1) is 0 Å². The van der Waals surface area contributed by atoms with Crippen LogP contribution in [-0.4, -0.2) is 5.16 Å². The van der Waals surface area contributed by atoms with Gasteiger partial charge in [0.1, 0.15) is 11.6 Å². The largest absolute Gasteiger partial charge is 0.361 e. The summed E-state index contributed by atoms with van der Waals surface area (Å²) in [5.41, 5.74) is 3.06. The SMILES string of the molecule is Cc1ccc(F)c(-c2c(C)noc2C)c1. The molecule has 2 aromatic rings. The van der Waals surface area contributed by atoms with Gasteiger partial charge < -0.3 is 4.52 Å². The van der Waals surface area contributed by atoms with Gasteiger partial charge in [0.15, 0.2) is 0 Å². The Morgan fingerprint density at radius 1 is 1.20 bits per heavy atom. The van der Waals surface area contributed by atoms with Crippen LogP contribution in [0.15, 0.2) is 22.7 Å². The summed E-state index contributed by atoms with van der Waals surface area (Å²) in [5, 5.41) is 3.82. The van der Waals surface area contributed by atoms with Crippen molar-refractivity contribution >= 4 is 0 Å². The van der Waals surface area contributed by atoms with Gasteiger partial charge in [0.2, 0.25) is 0 Å². The number of halogens is 1. The molecule has 0 N–H and O–H groups in total. The van der Waals surface area contributed by atoms with Gasteiger partial charge in [0.05, 0.1) is 11.3 Å². The second-order valence-electron chi connectivity index (χ2n) is 3.68. The zero-order valence-electron chi connectivity index (χ0n) is 8.97. The average Bonchev–Trinajstić information content (AvgIpc) is 2.51. The van der Waals surface area contributed by atoms with Crippen LogP contribution >= 0.6 is 0 Å². The maximum absolute atomic E-state index is 13.6. The fourth-order valence-corrected chi connectivity index (χ4v) is 1.70. The van der Waals surface area contributed by atoms with Crippen molar-refractivity contribution in [3.8, 4) is 11.1 Å². The molecule has 0 saturated carbocycles. The van der Waals surface area contributed by atoms with E-state index in [1.54, 1.807) is 13.0 Å². The molecule has 1 aromatic heterocycles. The van der Waals surface area contributed by atoms with Crippen molar-refractivity contribution in [3.05, 3.63) is 41.0 Å². The van der Waals surface area contributed by atoms with E-state index in [0.717, 1.165) is 16.8 Å². The number of rotatable bonds is 1. The van der Waals surface area contributed by atoms with Crippen LogP contribution in [0.5, 0.6) is 0 Å². The minimum absolute atomic E-state index is 0.241. The van der Waals surface area contributed by atoms with E-state index in [4.69, 9.17) is 4.52 Å². The zero-order valence-corrected chi connectivity index (χ0v) is 8.97. The van der Waals surface area contributed by atoms with Crippen molar-refractivity contribution in [2.24, 2.45) is 0 Å². The van der Waals surface area contributed by atoms with Gasteiger partial charge in [0, 0.05) is 5.56 Å². The third-order valence-electron chi connectivity index (χ3n) is 2.42. The topological polar surface area (TPSA) is 26.0 Å². The van der Waals surface area contributed by atoms with Crippen LogP contribution in [0.1, 0.15) is 17.0 Å². The maximum atomic E-state index is 13.6. The lowest BCUT2D eigenvalue weighted by molar-refractivity contribution is 0.393. The summed E-state index contributed by atoms with van der Waals surface area (Å²) in [7, 11) is 0. The number of nitrogens with zero attached hydrogens (tertiary/aromatic N) is 1. The highest BCUT2D eigenvalue weighted by molar-refractivity contribution is 5.68. The van der Waals surface area contributed by atoms with Crippen LogP contribution in [0.4, 0.5) is 4.39 Å². The molecule has 1 aromatic carbocycles. The van der Waals surface area contributed by atoms with Gasteiger partial charge in [-0.05, 0) is 32.9 Å². The minimum atomic E-state index is -0.241.